The van der Waals surface area contributed by atoms with Gasteiger partial charge in [-0.2, -0.15) is 0 Å². The molecular weight excluding hydrogens is 589 g/mol. The van der Waals surface area contributed by atoms with E-state index in [0.717, 1.165) is 43.8 Å². The van der Waals surface area contributed by atoms with Crippen LogP contribution in [-0.4, -0.2) is 4.57 Å². The zero-order valence-electron chi connectivity index (χ0n) is 25.5. The lowest BCUT2D eigenvalue weighted by Gasteiger charge is -2.16. The van der Waals surface area contributed by atoms with Crippen molar-refractivity contribution in [3.05, 3.63) is 170 Å². The van der Waals surface area contributed by atoms with Crippen LogP contribution in [0.1, 0.15) is 0 Å². The molecule has 0 N–H and O–H groups in total. The zero-order chi connectivity index (χ0) is 31.1. The van der Waals surface area contributed by atoms with Crippen molar-refractivity contribution in [1.82, 2.24) is 4.57 Å². The molecule has 1 aromatic heterocycles. The second kappa shape index (κ2) is 9.90. The third kappa shape index (κ3) is 3.77. The fraction of sp³-hybridized carbons (Fsp3) is 0. The van der Waals surface area contributed by atoms with Gasteiger partial charge in [0, 0.05) is 37.9 Å². The SMILES string of the molecule is O=P1(c2ccccc2)c2ccccc2-c2c1ccc1c3ccccc3n(-c3ccc(-c4ccc5cc6ccccc6cc5c4)cc3)c21. The van der Waals surface area contributed by atoms with E-state index in [4.69, 9.17) is 0 Å². The van der Waals surface area contributed by atoms with E-state index in [9.17, 15) is 0 Å². The molecule has 2 nitrogen and oxygen atoms in total. The first-order valence-electron chi connectivity index (χ1n) is 16.0. The maximum Gasteiger partial charge on any atom is 0.172 e. The Hall–Kier alpha value is -5.69. The van der Waals surface area contributed by atoms with Crippen molar-refractivity contribution in [1.29, 1.82) is 0 Å². The number of aromatic nitrogens is 1. The van der Waals surface area contributed by atoms with Crippen molar-refractivity contribution in [2.75, 3.05) is 0 Å². The van der Waals surface area contributed by atoms with Crippen LogP contribution >= 0.6 is 7.14 Å². The molecule has 47 heavy (non-hydrogen) atoms. The minimum Gasteiger partial charge on any atom is -0.309 e. The Kier molecular flexibility index (Phi) is 5.59. The highest BCUT2D eigenvalue weighted by molar-refractivity contribution is 7.86. The molecule has 1 unspecified atom stereocenters. The molecule has 3 heteroatoms. The first kappa shape index (κ1) is 26.5. The van der Waals surface area contributed by atoms with E-state index in [1.54, 1.807) is 0 Å². The van der Waals surface area contributed by atoms with Gasteiger partial charge in [-0.1, -0.05) is 127 Å². The number of rotatable bonds is 3. The normalized spacial score (nSPS) is 15.4. The van der Waals surface area contributed by atoms with E-state index in [1.807, 2.05) is 36.4 Å². The van der Waals surface area contributed by atoms with Gasteiger partial charge >= 0.3 is 0 Å². The molecule has 8 aromatic carbocycles. The van der Waals surface area contributed by atoms with E-state index in [1.165, 1.54) is 43.4 Å². The van der Waals surface area contributed by atoms with Crippen molar-refractivity contribution < 1.29 is 4.57 Å². The summed E-state index contributed by atoms with van der Waals surface area (Å²) in [5, 5.41) is 10.1. The number of hydrogen-bond donors (Lipinski definition) is 0. The highest BCUT2D eigenvalue weighted by Gasteiger charge is 2.41. The van der Waals surface area contributed by atoms with Crippen LogP contribution in [0.2, 0.25) is 0 Å². The fourth-order valence-electron chi connectivity index (χ4n) is 7.77. The Morgan fingerprint density at radius 2 is 1.11 bits per heavy atom. The molecule has 0 bridgehead atoms. The lowest BCUT2D eigenvalue weighted by Crippen LogP contribution is -2.20. The molecule has 0 saturated carbocycles. The van der Waals surface area contributed by atoms with Crippen LogP contribution in [0.4, 0.5) is 0 Å². The first-order valence-corrected chi connectivity index (χ1v) is 17.7. The summed E-state index contributed by atoms with van der Waals surface area (Å²) >= 11 is 0. The van der Waals surface area contributed by atoms with E-state index in [-0.39, 0.29) is 0 Å². The van der Waals surface area contributed by atoms with Gasteiger partial charge in [0.2, 0.25) is 0 Å². The van der Waals surface area contributed by atoms with Gasteiger partial charge in [0.1, 0.15) is 0 Å². The van der Waals surface area contributed by atoms with Crippen molar-refractivity contribution in [3.8, 4) is 27.9 Å². The molecule has 0 aliphatic carbocycles. The third-order valence-electron chi connectivity index (χ3n) is 9.95. The second-order valence-corrected chi connectivity index (χ2v) is 15.2. The predicted octanol–water partition coefficient (Wildman–Crippen LogP) is 10.4. The molecule has 1 aliphatic heterocycles. The Morgan fingerprint density at radius 1 is 0.447 bits per heavy atom. The lowest BCUT2D eigenvalue weighted by molar-refractivity contribution is 0.593. The topological polar surface area (TPSA) is 22.0 Å². The third-order valence-corrected chi connectivity index (χ3v) is 13.1. The standard InChI is InChI=1S/C44H28NOP/c46-47(36-12-2-1-3-13-36)41-17-9-7-15-39(41)43-42(47)25-24-38-37-14-6-8-16-40(37)45(44(38)43)35-22-20-29(21-23-35)32-18-19-33-26-30-10-4-5-11-31(30)27-34(33)28-32/h1-28H. The van der Waals surface area contributed by atoms with Gasteiger partial charge in [0.05, 0.1) is 11.0 Å². The van der Waals surface area contributed by atoms with Gasteiger partial charge in [0.25, 0.3) is 0 Å². The van der Waals surface area contributed by atoms with Crippen molar-refractivity contribution in [2.24, 2.45) is 0 Å². The van der Waals surface area contributed by atoms with Crippen LogP contribution in [0.3, 0.4) is 0 Å². The summed E-state index contributed by atoms with van der Waals surface area (Å²) in [6, 6.07) is 59.9. The number of hydrogen-bond acceptors (Lipinski definition) is 1. The number of benzene rings is 8. The van der Waals surface area contributed by atoms with Crippen LogP contribution in [0.5, 0.6) is 0 Å². The predicted molar refractivity (Wildman–Crippen MR) is 200 cm³/mol. The Labute approximate surface area is 272 Å². The maximum absolute atomic E-state index is 15.3. The van der Waals surface area contributed by atoms with Crippen molar-refractivity contribution in [2.45, 2.75) is 0 Å². The van der Waals surface area contributed by atoms with Gasteiger partial charge in [-0.05, 0) is 80.7 Å². The summed E-state index contributed by atoms with van der Waals surface area (Å²) in [6.07, 6.45) is 0. The van der Waals surface area contributed by atoms with Crippen molar-refractivity contribution in [3.63, 3.8) is 0 Å². The zero-order valence-corrected chi connectivity index (χ0v) is 26.4. The molecule has 9 aromatic rings. The molecule has 220 valence electrons. The minimum absolute atomic E-state index is 0.876. The number of para-hydroxylation sites is 1. The largest absolute Gasteiger partial charge is 0.309 e. The number of nitrogens with zero attached hydrogens (tertiary/aromatic N) is 1. The minimum atomic E-state index is -3.06. The molecular formula is C44H28NOP. The summed E-state index contributed by atoms with van der Waals surface area (Å²) in [7, 11) is -3.06. The fourth-order valence-corrected chi connectivity index (χ4v) is 10.8. The Bertz CT molecular complexity index is 2760. The summed E-state index contributed by atoms with van der Waals surface area (Å²) in [5.74, 6) is 0. The molecule has 0 radical (unpaired) electrons. The Balaban J connectivity index is 1.19. The molecule has 0 amide bonds. The average molecular weight is 618 g/mol. The van der Waals surface area contributed by atoms with Gasteiger partial charge in [-0.15, -0.1) is 0 Å². The highest BCUT2D eigenvalue weighted by Crippen LogP contribution is 2.54. The van der Waals surface area contributed by atoms with Crippen LogP contribution in [0.25, 0.3) is 71.3 Å². The van der Waals surface area contributed by atoms with Crippen LogP contribution in [0, 0.1) is 0 Å². The number of fused-ring (bicyclic) bond motifs is 9. The maximum atomic E-state index is 15.3. The molecule has 0 fully saturated rings. The van der Waals surface area contributed by atoms with Crippen LogP contribution < -0.4 is 15.9 Å². The van der Waals surface area contributed by atoms with Crippen LogP contribution in [0.15, 0.2) is 170 Å². The van der Waals surface area contributed by atoms with Crippen LogP contribution in [-0.2, 0) is 4.57 Å². The lowest BCUT2D eigenvalue weighted by atomic mass is 9.98. The molecule has 2 heterocycles. The van der Waals surface area contributed by atoms with E-state index in [2.05, 4.69) is 138 Å². The average Bonchev–Trinajstić information content (AvgIpc) is 3.61. The van der Waals surface area contributed by atoms with E-state index < -0.39 is 7.14 Å². The molecule has 0 spiro atoms. The monoisotopic (exact) mass is 617 g/mol. The van der Waals surface area contributed by atoms with Crippen molar-refractivity contribution >= 4 is 66.4 Å². The summed E-state index contributed by atoms with van der Waals surface area (Å²) in [6.45, 7) is 0. The molecule has 1 atom stereocenters. The quantitative estimate of drug-likeness (QED) is 0.143. The summed E-state index contributed by atoms with van der Waals surface area (Å²) in [5.41, 5.74) is 7.83. The Morgan fingerprint density at radius 3 is 1.94 bits per heavy atom. The summed E-state index contributed by atoms with van der Waals surface area (Å²) in [4.78, 5) is 0. The van der Waals surface area contributed by atoms with Gasteiger partial charge < -0.3 is 9.13 Å². The molecule has 1 aliphatic rings. The molecule has 10 rings (SSSR count). The van der Waals surface area contributed by atoms with E-state index in [0.29, 0.717) is 0 Å². The van der Waals surface area contributed by atoms with Gasteiger partial charge in [-0.25, -0.2) is 0 Å². The highest BCUT2D eigenvalue weighted by atomic mass is 31.2. The summed E-state index contributed by atoms with van der Waals surface area (Å²) < 4.78 is 17.7. The molecule has 0 saturated heterocycles. The van der Waals surface area contributed by atoms with E-state index >= 15 is 4.57 Å². The first-order chi connectivity index (χ1) is 23.2. The second-order valence-electron chi connectivity index (χ2n) is 12.5. The van der Waals surface area contributed by atoms with Gasteiger partial charge in [-0.3, -0.25) is 0 Å². The smallest absolute Gasteiger partial charge is 0.172 e. The van der Waals surface area contributed by atoms with Gasteiger partial charge in [0.15, 0.2) is 7.14 Å².